The number of hydrogen-bond acceptors (Lipinski definition) is 7. The van der Waals surface area contributed by atoms with Crippen molar-refractivity contribution < 1.29 is 14.1 Å². The fourth-order valence-electron chi connectivity index (χ4n) is 2.78. The summed E-state index contributed by atoms with van der Waals surface area (Å²) in [6.45, 7) is 9.71. The van der Waals surface area contributed by atoms with Crippen molar-refractivity contribution in [2.75, 3.05) is 16.4 Å². The molecule has 0 aliphatic carbocycles. The fourth-order valence-corrected chi connectivity index (χ4v) is 4.19. The van der Waals surface area contributed by atoms with E-state index in [2.05, 4.69) is 53.7 Å². The van der Waals surface area contributed by atoms with Crippen LogP contribution < -0.4 is 10.6 Å². The number of benzene rings is 1. The van der Waals surface area contributed by atoms with Crippen molar-refractivity contribution >= 4 is 45.9 Å². The zero-order valence-electron chi connectivity index (χ0n) is 17.5. The molecule has 1 aromatic carbocycles. The lowest BCUT2D eigenvalue weighted by molar-refractivity contribution is -0.115. The Morgan fingerprint density at radius 1 is 1.10 bits per heavy atom. The van der Waals surface area contributed by atoms with Crippen molar-refractivity contribution in [2.24, 2.45) is 0 Å². The first-order valence-corrected chi connectivity index (χ1v) is 11.3. The zero-order valence-corrected chi connectivity index (χ0v) is 19.2. The Labute approximate surface area is 183 Å². The summed E-state index contributed by atoms with van der Waals surface area (Å²) in [7, 11) is 0. The molecule has 1 unspecified atom stereocenters. The number of thiazole rings is 1. The minimum atomic E-state index is -0.419. The minimum Gasteiger partial charge on any atom is -0.360 e. The number of aromatic nitrogens is 2. The number of carbonyl (C=O) groups is 2. The monoisotopic (exact) mass is 444 g/mol. The van der Waals surface area contributed by atoms with E-state index in [1.54, 1.807) is 19.9 Å². The Balaban J connectivity index is 1.53. The second-order valence-corrected chi connectivity index (χ2v) is 9.29. The topological polar surface area (TPSA) is 97.1 Å². The number of hydrogen-bond donors (Lipinski definition) is 2. The molecule has 0 bridgehead atoms. The molecular weight excluding hydrogens is 420 g/mol. The molecule has 3 rings (SSSR count). The first kappa shape index (κ1) is 22.0. The average molecular weight is 445 g/mol. The van der Waals surface area contributed by atoms with Gasteiger partial charge in [0.1, 0.15) is 5.76 Å². The van der Waals surface area contributed by atoms with Gasteiger partial charge in [-0.25, -0.2) is 4.98 Å². The molecule has 0 fully saturated rings. The van der Waals surface area contributed by atoms with Crippen molar-refractivity contribution in [1.82, 2.24) is 10.1 Å². The molecule has 0 saturated carbocycles. The largest absolute Gasteiger partial charge is 0.360 e. The molecule has 158 valence electrons. The van der Waals surface area contributed by atoms with Crippen molar-refractivity contribution in [1.29, 1.82) is 0 Å². The number of amides is 2. The maximum atomic E-state index is 12.3. The van der Waals surface area contributed by atoms with E-state index < -0.39 is 5.25 Å². The van der Waals surface area contributed by atoms with Crippen molar-refractivity contribution in [3.8, 4) is 11.3 Å². The van der Waals surface area contributed by atoms with Crippen LogP contribution in [-0.2, 0) is 9.59 Å². The predicted octanol–water partition coefficient (Wildman–Crippen LogP) is 4.73. The Bertz CT molecular complexity index is 1070. The van der Waals surface area contributed by atoms with Gasteiger partial charge in [0.25, 0.3) is 0 Å². The highest BCUT2D eigenvalue weighted by molar-refractivity contribution is 8.01. The second kappa shape index (κ2) is 9.44. The smallest absolute Gasteiger partial charge is 0.238 e. The van der Waals surface area contributed by atoms with Crippen LogP contribution >= 0.6 is 23.1 Å². The molecule has 2 N–H and O–H groups in total. The number of carbonyl (C=O) groups excluding carboxylic acids is 2. The van der Waals surface area contributed by atoms with Gasteiger partial charge in [0, 0.05) is 17.0 Å². The summed E-state index contributed by atoms with van der Waals surface area (Å²) in [6, 6.07) is 5.91. The summed E-state index contributed by atoms with van der Waals surface area (Å²) in [5.74, 6) is 0.692. The maximum absolute atomic E-state index is 12.3. The quantitative estimate of drug-likeness (QED) is 0.547. The maximum Gasteiger partial charge on any atom is 0.238 e. The summed E-state index contributed by atoms with van der Waals surface area (Å²) in [5.41, 5.74) is 5.52. The van der Waals surface area contributed by atoms with E-state index in [4.69, 9.17) is 4.52 Å². The Morgan fingerprint density at radius 3 is 2.53 bits per heavy atom. The van der Waals surface area contributed by atoms with E-state index in [9.17, 15) is 9.59 Å². The van der Waals surface area contributed by atoms with E-state index in [0.717, 1.165) is 16.8 Å². The molecule has 0 aliphatic heterocycles. The highest BCUT2D eigenvalue weighted by Gasteiger charge is 2.17. The molecule has 2 heterocycles. The van der Waals surface area contributed by atoms with Gasteiger partial charge in [0.05, 0.1) is 16.7 Å². The van der Waals surface area contributed by atoms with Crippen LogP contribution in [0, 0.1) is 27.7 Å². The molecule has 7 nitrogen and oxygen atoms in total. The minimum absolute atomic E-state index is 0.143. The Hall–Kier alpha value is -2.65. The van der Waals surface area contributed by atoms with Crippen LogP contribution in [0.3, 0.4) is 0 Å². The molecule has 2 aromatic heterocycles. The third-order valence-corrected chi connectivity index (χ3v) is 6.48. The van der Waals surface area contributed by atoms with Crippen LogP contribution in [0.5, 0.6) is 0 Å². The molecular formula is C21H24N4O3S2. The SMILES string of the molecule is Cc1cc(NC(=O)C(C)SCC(=O)Nc2nc(-c3cc(C)c(C)cc3C)cs2)no1. The normalized spacial score (nSPS) is 11.9. The number of thioether (sulfide) groups is 1. The first-order valence-electron chi connectivity index (χ1n) is 9.42. The second-order valence-electron chi connectivity index (χ2n) is 7.10. The lowest BCUT2D eigenvalue weighted by Crippen LogP contribution is -2.25. The van der Waals surface area contributed by atoms with Gasteiger partial charge in [0.15, 0.2) is 10.9 Å². The average Bonchev–Trinajstić information content (AvgIpc) is 3.31. The predicted molar refractivity (Wildman–Crippen MR) is 122 cm³/mol. The summed E-state index contributed by atoms with van der Waals surface area (Å²) in [4.78, 5) is 29.0. The number of aryl methyl sites for hydroxylation is 4. The van der Waals surface area contributed by atoms with E-state index in [1.807, 2.05) is 5.38 Å². The van der Waals surface area contributed by atoms with Gasteiger partial charge in [-0.05, 0) is 57.4 Å². The van der Waals surface area contributed by atoms with Gasteiger partial charge in [-0.1, -0.05) is 11.2 Å². The molecule has 9 heteroatoms. The van der Waals surface area contributed by atoms with Crippen molar-refractivity contribution in [2.45, 2.75) is 39.9 Å². The lowest BCUT2D eigenvalue weighted by atomic mass is 9.99. The number of anilines is 2. The lowest BCUT2D eigenvalue weighted by Gasteiger charge is -2.10. The van der Waals surface area contributed by atoms with Crippen LogP contribution in [-0.4, -0.2) is 33.0 Å². The summed E-state index contributed by atoms with van der Waals surface area (Å²) in [6.07, 6.45) is 0. The highest BCUT2D eigenvalue weighted by Crippen LogP contribution is 2.29. The Kier molecular flexibility index (Phi) is 6.94. The van der Waals surface area contributed by atoms with Crippen molar-refractivity contribution in [3.05, 3.63) is 46.0 Å². The molecule has 1 atom stereocenters. The van der Waals surface area contributed by atoms with E-state index in [-0.39, 0.29) is 17.6 Å². The third kappa shape index (κ3) is 5.48. The van der Waals surface area contributed by atoms with E-state index in [1.165, 1.54) is 34.2 Å². The summed E-state index contributed by atoms with van der Waals surface area (Å²) < 4.78 is 4.92. The standard InChI is InChI=1S/C21H24N4O3S2/c1-11-6-13(3)16(7-12(11)2)17-9-30-21(22-17)24-19(26)10-29-15(5)20(27)23-18-8-14(4)28-25-18/h6-9,15H,10H2,1-5H3,(H,22,24,26)(H,23,25,27). The van der Waals surface area contributed by atoms with E-state index >= 15 is 0 Å². The van der Waals surface area contributed by atoms with Crippen LogP contribution in [0.4, 0.5) is 10.9 Å². The number of nitrogens with zero attached hydrogens (tertiary/aromatic N) is 2. The first-order chi connectivity index (χ1) is 14.2. The van der Waals surface area contributed by atoms with Crippen LogP contribution in [0.25, 0.3) is 11.3 Å². The Morgan fingerprint density at radius 2 is 1.83 bits per heavy atom. The highest BCUT2D eigenvalue weighted by atomic mass is 32.2. The molecule has 3 aromatic rings. The number of rotatable bonds is 7. The van der Waals surface area contributed by atoms with Crippen LogP contribution in [0.15, 0.2) is 28.1 Å². The van der Waals surface area contributed by atoms with Gasteiger partial charge in [-0.15, -0.1) is 23.1 Å². The van der Waals surface area contributed by atoms with Gasteiger partial charge < -0.3 is 15.2 Å². The molecule has 0 spiro atoms. The van der Waals surface area contributed by atoms with Crippen LogP contribution in [0.2, 0.25) is 0 Å². The van der Waals surface area contributed by atoms with Crippen LogP contribution in [0.1, 0.15) is 29.4 Å². The number of nitrogens with one attached hydrogen (secondary N) is 2. The van der Waals surface area contributed by atoms with E-state index in [0.29, 0.717) is 16.7 Å². The van der Waals surface area contributed by atoms with Gasteiger partial charge in [0.2, 0.25) is 11.8 Å². The molecule has 2 amide bonds. The van der Waals surface area contributed by atoms with Gasteiger partial charge in [-0.2, -0.15) is 0 Å². The van der Waals surface area contributed by atoms with Crippen molar-refractivity contribution in [3.63, 3.8) is 0 Å². The molecule has 0 aliphatic rings. The third-order valence-electron chi connectivity index (χ3n) is 4.58. The summed E-state index contributed by atoms with van der Waals surface area (Å²) in [5, 5.41) is 11.3. The summed E-state index contributed by atoms with van der Waals surface area (Å²) >= 11 is 2.63. The molecule has 30 heavy (non-hydrogen) atoms. The van der Waals surface area contributed by atoms with Gasteiger partial charge in [-0.3, -0.25) is 9.59 Å². The fraction of sp³-hybridized carbons (Fsp3) is 0.333. The zero-order chi connectivity index (χ0) is 21.8. The molecule has 0 radical (unpaired) electrons. The van der Waals surface area contributed by atoms with Gasteiger partial charge >= 0.3 is 0 Å². The molecule has 0 saturated heterocycles.